The van der Waals surface area contributed by atoms with Crippen molar-refractivity contribution in [3.8, 4) is 0 Å². The van der Waals surface area contributed by atoms with Gasteiger partial charge in [-0.25, -0.2) is 0 Å². The predicted octanol–water partition coefficient (Wildman–Crippen LogP) is 1.87. The summed E-state index contributed by atoms with van der Waals surface area (Å²) in [6.07, 6.45) is 1.63. The Hall–Kier alpha value is -1.39. The van der Waals surface area contributed by atoms with Crippen LogP contribution in [0.4, 0.5) is 0 Å². The molecule has 4 nitrogen and oxygen atoms in total. The molecular weight excluding hydrogens is 238 g/mol. The molecule has 1 aromatic carbocycles. The summed E-state index contributed by atoms with van der Waals surface area (Å²) in [4.78, 5) is 0. The van der Waals surface area contributed by atoms with Crippen LogP contribution in [0, 0.1) is 0 Å². The zero-order valence-electron chi connectivity index (χ0n) is 12.0. The van der Waals surface area contributed by atoms with E-state index in [2.05, 4.69) is 29.5 Å². The van der Waals surface area contributed by atoms with E-state index < -0.39 is 5.60 Å². The summed E-state index contributed by atoms with van der Waals surface area (Å²) in [6, 6.07) is 8.13. The second-order valence-electron chi connectivity index (χ2n) is 5.44. The van der Waals surface area contributed by atoms with Gasteiger partial charge in [0.05, 0.1) is 16.8 Å². The number of aromatic nitrogens is 2. The average molecular weight is 261 g/mol. The van der Waals surface area contributed by atoms with Gasteiger partial charge in [-0.1, -0.05) is 25.1 Å². The third kappa shape index (κ3) is 3.33. The summed E-state index contributed by atoms with van der Waals surface area (Å²) in [6.45, 7) is 5.50. The zero-order chi connectivity index (χ0) is 13.9. The molecule has 2 N–H and O–H groups in total. The highest BCUT2D eigenvalue weighted by atomic mass is 16.3. The van der Waals surface area contributed by atoms with Crippen LogP contribution in [0.2, 0.25) is 0 Å². The van der Waals surface area contributed by atoms with Crippen LogP contribution in [-0.2, 0) is 13.5 Å². The van der Waals surface area contributed by atoms with E-state index in [0.717, 1.165) is 29.6 Å². The van der Waals surface area contributed by atoms with Crippen molar-refractivity contribution in [2.24, 2.45) is 7.05 Å². The minimum atomic E-state index is -0.772. The molecule has 0 spiro atoms. The first-order valence-corrected chi connectivity index (χ1v) is 6.87. The third-order valence-corrected chi connectivity index (χ3v) is 3.32. The van der Waals surface area contributed by atoms with Crippen molar-refractivity contribution in [3.63, 3.8) is 0 Å². The number of hydrogen-bond acceptors (Lipinski definition) is 3. The van der Waals surface area contributed by atoms with E-state index in [1.165, 1.54) is 0 Å². The van der Waals surface area contributed by atoms with Crippen molar-refractivity contribution in [3.05, 3.63) is 30.0 Å². The van der Waals surface area contributed by atoms with Gasteiger partial charge < -0.3 is 10.4 Å². The smallest absolute Gasteiger partial charge is 0.0799 e. The number of nitrogens with one attached hydrogen (secondary N) is 1. The third-order valence-electron chi connectivity index (χ3n) is 3.32. The van der Waals surface area contributed by atoms with Crippen LogP contribution in [0.25, 0.3) is 10.9 Å². The van der Waals surface area contributed by atoms with E-state index >= 15 is 0 Å². The van der Waals surface area contributed by atoms with Crippen molar-refractivity contribution in [2.75, 3.05) is 13.1 Å². The Kier molecular flexibility index (Phi) is 4.22. The first kappa shape index (κ1) is 14.0. The molecule has 0 bridgehead atoms. The van der Waals surface area contributed by atoms with Crippen LogP contribution >= 0.6 is 0 Å². The lowest BCUT2D eigenvalue weighted by atomic mass is 9.98. The van der Waals surface area contributed by atoms with Crippen LogP contribution in [-0.4, -0.2) is 33.6 Å². The SMILES string of the molecule is CCCNCC(C)(O)Cc1nn(C)c2ccccc12. The summed E-state index contributed by atoms with van der Waals surface area (Å²) in [5, 5.41) is 19.4. The van der Waals surface area contributed by atoms with E-state index in [1.807, 2.05) is 30.8 Å². The number of fused-ring (bicyclic) bond motifs is 1. The summed E-state index contributed by atoms with van der Waals surface area (Å²) in [5.41, 5.74) is 1.29. The van der Waals surface area contributed by atoms with Gasteiger partial charge in [0.2, 0.25) is 0 Å². The molecular formula is C15H23N3O. The Bertz CT molecular complexity index is 545. The summed E-state index contributed by atoms with van der Waals surface area (Å²) < 4.78 is 1.88. The van der Waals surface area contributed by atoms with Crippen LogP contribution in [0.5, 0.6) is 0 Å². The molecule has 0 aliphatic carbocycles. The van der Waals surface area contributed by atoms with Gasteiger partial charge in [0.15, 0.2) is 0 Å². The standard InChI is InChI=1S/C15H23N3O/c1-4-9-16-11-15(2,19)10-13-12-7-5-6-8-14(12)18(3)17-13/h5-8,16,19H,4,9-11H2,1-3H3. The van der Waals surface area contributed by atoms with Crippen molar-refractivity contribution >= 4 is 10.9 Å². The summed E-state index contributed by atoms with van der Waals surface area (Å²) in [5.74, 6) is 0. The highest BCUT2D eigenvalue weighted by Crippen LogP contribution is 2.21. The lowest BCUT2D eigenvalue weighted by Gasteiger charge is -2.22. The highest BCUT2D eigenvalue weighted by molar-refractivity contribution is 5.81. The second kappa shape index (κ2) is 5.72. The lowest BCUT2D eigenvalue weighted by molar-refractivity contribution is 0.0596. The van der Waals surface area contributed by atoms with E-state index in [4.69, 9.17) is 0 Å². The highest BCUT2D eigenvalue weighted by Gasteiger charge is 2.23. The van der Waals surface area contributed by atoms with Gasteiger partial charge in [-0.05, 0) is 26.0 Å². The van der Waals surface area contributed by atoms with Crippen molar-refractivity contribution in [2.45, 2.75) is 32.3 Å². The van der Waals surface area contributed by atoms with E-state index in [-0.39, 0.29) is 0 Å². The van der Waals surface area contributed by atoms with Gasteiger partial charge in [0.25, 0.3) is 0 Å². The van der Waals surface area contributed by atoms with Gasteiger partial charge in [-0.15, -0.1) is 0 Å². The molecule has 0 fully saturated rings. The molecule has 1 unspecified atom stereocenters. The summed E-state index contributed by atoms with van der Waals surface area (Å²) >= 11 is 0. The van der Waals surface area contributed by atoms with Crippen LogP contribution in [0.3, 0.4) is 0 Å². The molecule has 0 saturated heterocycles. The molecule has 1 heterocycles. The fourth-order valence-corrected chi connectivity index (χ4v) is 2.38. The van der Waals surface area contributed by atoms with Crippen molar-refractivity contribution < 1.29 is 5.11 Å². The van der Waals surface area contributed by atoms with Crippen LogP contribution in [0.1, 0.15) is 26.0 Å². The molecule has 104 valence electrons. The number of rotatable bonds is 6. The molecule has 2 rings (SSSR count). The molecule has 0 aliphatic rings. The molecule has 2 aromatic rings. The average Bonchev–Trinajstić information content (AvgIpc) is 2.67. The number of para-hydroxylation sites is 1. The monoisotopic (exact) mass is 261 g/mol. The van der Waals surface area contributed by atoms with E-state index in [0.29, 0.717) is 13.0 Å². The minimum Gasteiger partial charge on any atom is -0.388 e. The lowest BCUT2D eigenvalue weighted by Crippen LogP contribution is -2.40. The number of aryl methyl sites for hydroxylation is 1. The van der Waals surface area contributed by atoms with Crippen molar-refractivity contribution in [1.82, 2.24) is 15.1 Å². The molecule has 4 heteroatoms. The largest absolute Gasteiger partial charge is 0.388 e. The molecule has 0 radical (unpaired) electrons. The molecule has 0 saturated carbocycles. The Morgan fingerprint density at radius 2 is 2.11 bits per heavy atom. The van der Waals surface area contributed by atoms with Gasteiger partial charge in [-0.2, -0.15) is 5.10 Å². The number of hydrogen-bond donors (Lipinski definition) is 2. The molecule has 1 aromatic heterocycles. The molecule has 0 aliphatic heterocycles. The number of nitrogens with zero attached hydrogens (tertiary/aromatic N) is 2. The minimum absolute atomic E-state index is 0.561. The van der Waals surface area contributed by atoms with Crippen LogP contribution in [0.15, 0.2) is 24.3 Å². The fourth-order valence-electron chi connectivity index (χ4n) is 2.38. The predicted molar refractivity (Wildman–Crippen MR) is 78.2 cm³/mol. The summed E-state index contributed by atoms with van der Waals surface area (Å²) in [7, 11) is 1.94. The van der Waals surface area contributed by atoms with Gasteiger partial charge in [-0.3, -0.25) is 4.68 Å². The number of benzene rings is 1. The Balaban J connectivity index is 2.16. The second-order valence-corrected chi connectivity index (χ2v) is 5.44. The van der Waals surface area contributed by atoms with E-state index in [9.17, 15) is 5.11 Å². The van der Waals surface area contributed by atoms with Gasteiger partial charge in [0.1, 0.15) is 0 Å². The molecule has 19 heavy (non-hydrogen) atoms. The number of aliphatic hydroxyl groups is 1. The molecule has 0 amide bonds. The van der Waals surface area contributed by atoms with Crippen LogP contribution < -0.4 is 5.32 Å². The fraction of sp³-hybridized carbons (Fsp3) is 0.533. The van der Waals surface area contributed by atoms with Gasteiger partial charge >= 0.3 is 0 Å². The maximum absolute atomic E-state index is 10.5. The maximum atomic E-state index is 10.5. The first-order valence-electron chi connectivity index (χ1n) is 6.87. The maximum Gasteiger partial charge on any atom is 0.0799 e. The Morgan fingerprint density at radius 3 is 2.84 bits per heavy atom. The zero-order valence-corrected chi connectivity index (χ0v) is 12.0. The van der Waals surface area contributed by atoms with Gasteiger partial charge in [0, 0.05) is 25.4 Å². The Morgan fingerprint density at radius 1 is 1.37 bits per heavy atom. The normalized spacial score (nSPS) is 14.7. The quantitative estimate of drug-likeness (QED) is 0.780. The van der Waals surface area contributed by atoms with Crippen molar-refractivity contribution in [1.29, 1.82) is 0 Å². The van der Waals surface area contributed by atoms with E-state index in [1.54, 1.807) is 0 Å². The molecule has 1 atom stereocenters. The Labute approximate surface area is 114 Å². The first-order chi connectivity index (χ1) is 9.03. The topological polar surface area (TPSA) is 50.1 Å².